The lowest BCUT2D eigenvalue weighted by molar-refractivity contribution is -0.113. The zero-order valence-corrected chi connectivity index (χ0v) is 21.1. The minimum atomic E-state index is -0.909. The first-order valence-electron chi connectivity index (χ1n) is 11.0. The SMILES string of the molecule is CC1=C(C(=O)Nc2ccc(F)c(Cl)c2)C(c2ccc(F)cc2)C(C(=O)Nc2ccc(F)c(Cl)c2)=C(C)N1. The normalized spacial score (nSPS) is 13.9. The molecule has 3 aromatic rings. The number of allylic oxidation sites excluding steroid dienone is 2. The molecule has 0 spiro atoms. The number of nitrogens with one attached hydrogen (secondary N) is 3. The first-order chi connectivity index (χ1) is 17.5. The van der Waals surface area contributed by atoms with Crippen molar-refractivity contribution >= 4 is 46.4 Å². The molecule has 37 heavy (non-hydrogen) atoms. The molecule has 0 saturated heterocycles. The summed E-state index contributed by atoms with van der Waals surface area (Å²) < 4.78 is 41.0. The van der Waals surface area contributed by atoms with Gasteiger partial charge in [0.1, 0.15) is 17.5 Å². The molecule has 0 bridgehead atoms. The van der Waals surface area contributed by atoms with Gasteiger partial charge >= 0.3 is 0 Å². The van der Waals surface area contributed by atoms with Crippen molar-refractivity contribution in [3.8, 4) is 0 Å². The summed E-state index contributed by atoms with van der Waals surface area (Å²) >= 11 is 11.7. The Morgan fingerprint density at radius 3 is 1.57 bits per heavy atom. The molecule has 2 amide bonds. The molecule has 3 aromatic carbocycles. The zero-order chi connectivity index (χ0) is 26.9. The number of halogens is 5. The van der Waals surface area contributed by atoms with E-state index in [0.29, 0.717) is 17.0 Å². The molecule has 0 radical (unpaired) electrons. The fourth-order valence-corrected chi connectivity index (χ4v) is 4.49. The number of benzene rings is 3. The van der Waals surface area contributed by atoms with E-state index in [4.69, 9.17) is 23.2 Å². The molecule has 0 atom stereocenters. The molecule has 4 rings (SSSR count). The summed E-state index contributed by atoms with van der Waals surface area (Å²) in [5.74, 6) is -3.84. The largest absolute Gasteiger partial charge is 0.362 e. The van der Waals surface area contributed by atoms with E-state index in [0.717, 1.165) is 12.1 Å². The van der Waals surface area contributed by atoms with E-state index in [2.05, 4.69) is 16.0 Å². The van der Waals surface area contributed by atoms with Crippen molar-refractivity contribution in [2.75, 3.05) is 10.6 Å². The van der Waals surface area contributed by atoms with Crippen molar-refractivity contribution in [3.63, 3.8) is 0 Å². The van der Waals surface area contributed by atoms with Crippen LogP contribution >= 0.6 is 23.2 Å². The van der Waals surface area contributed by atoms with Crippen LogP contribution in [0.2, 0.25) is 10.0 Å². The Labute approximate surface area is 221 Å². The van der Waals surface area contributed by atoms with E-state index in [1.165, 1.54) is 48.5 Å². The number of hydrogen-bond donors (Lipinski definition) is 3. The highest BCUT2D eigenvalue weighted by Gasteiger charge is 2.36. The number of carbonyl (C=O) groups is 2. The van der Waals surface area contributed by atoms with Crippen LogP contribution in [0.1, 0.15) is 25.3 Å². The predicted octanol–water partition coefficient (Wildman–Crippen LogP) is 6.92. The van der Waals surface area contributed by atoms with E-state index in [1.54, 1.807) is 13.8 Å². The molecule has 3 N–H and O–H groups in total. The molecular formula is C27H20Cl2F3N3O2. The lowest BCUT2D eigenvalue weighted by Crippen LogP contribution is -2.35. The van der Waals surface area contributed by atoms with Gasteiger partial charge in [-0.1, -0.05) is 35.3 Å². The van der Waals surface area contributed by atoms with Crippen molar-refractivity contribution in [2.24, 2.45) is 0 Å². The zero-order valence-electron chi connectivity index (χ0n) is 19.6. The smallest absolute Gasteiger partial charge is 0.254 e. The van der Waals surface area contributed by atoms with Crippen molar-refractivity contribution in [2.45, 2.75) is 19.8 Å². The molecule has 1 aliphatic heterocycles. The lowest BCUT2D eigenvalue weighted by atomic mass is 9.79. The number of rotatable bonds is 5. The van der Waals surface area contributed by atoms with Crippen LogP contribution in [0, 0.1) is 17.5 Å². The number of anilines is 2. The van der Waals surface area contributed by atoms with E-state index in [1.807, 2.05) is 0 Å². The van der Waals surface area contributed by atoms with Crippen LogP contribution < -0.4 is 16.0 Å². The maximum atomic E-state index is 13.8. The average molecular weight is 546 g/mol. The first kappa shape index (κ1) is 26.3. The Morgan fingerprint density at radius 1 is 0.730 bits per heavy atom. The number of hydrogen-bond acceptors (Lipinski definition) is 3. The van der Waals surface area contributed by atoms with Gasteiger partial charge in [-0.15, -0.1) is 0 Å². The third kappa shape index (κ3) is 5.65. The number of amides is 2. The Morgan fingerprint density at radius 2 is 1.16 bits per heavy atom. The molecule has 0 unspecified atom stereocenters. The molecule has 0 saturated carbocycles. The second kappa shape index (κ2) is 10.7. The summed E-state index contributed by atoms with van der Waals surface area (Å²) in [5, 5.41) is 8.08. The van der Waals surface area contributed by atoms with Crippen molar-refractivity contribution in [1.82, 2.24) is 5.32 Å². The molecule has 1 heterocycles. The molecule has 0 aromatic heterocycles. The van der Waals surface area contributed by atoms with Gasteiger partial charge in [0.05, 0.1) is 10.0 Å². The molecule has 10 heteroatoms. The van der Waals surface area contributed by atoms with Crippen LogP contribution in [0.5, 0.6) is 0 Å². The van der Waals surface area contributed by atoms with Crippen molar-refractivity contribution in [3.05, 3.63) is 116 Å². The van der Waals surface area contributed by atoms with E-state index in [-0.39, 0.29) is 32.6 Å². The van der Waals surface area contributed by atoms with Gasteiger partial charge in [-0.2, -0.15) is 0 Å². The van der Waals surface area contributed by atoms with Crippen LogP contribution in [0.4, 0.5) is 24.5 Å². The summed E-state index contributed by atoms with van der Waals surface area (Å²) in [6.07, 6.45) is 0. The van der Waals surface area contributed by atoms with Gasteiger partial charge in [0, 0.05) is 39.8 Å². The van der Waals surface area contributed by atoms with Crippen molar-refractivity contribution < 1.29 is 22.8 Å². The molecule has 1 aliphatic rings. The fraction of sp³-hybridized carbons (Fsp3) is 0.111. The van der Waals surface area contributed by atoms with Gasteiger partial charge in [0.2, 0.25) is 0 Å². The van der Waals surface area contributed by atoms with E-state index in [9.17, 15) is 22.8 Å². The van der Waals surface area contributed by atoms with E-state index >= 15 is 0 Å². The number of carbonyl (C=O) groups excluding carboxylic acids is 2. The van der Waals surface area contributed by atoms with Gasteiger partial charge in [0.15, 0.2) is 0 Å². The van der Waals surface area contributed by atoms with Crippen LogP contribution in [0.15, 0.2) is 83.2 Å². The fourth-order valence-electron chi connectivity index (χ4n) is 4.13. The Kier molecular flexibility index (Phi) is 7.61. The van der Waals surface area contributed by atoms with Gasteiger partial charge in [0.25, 0.3) is 11.8 Å². The molecule has 0 fully saturated rings. The minimum absolute atomic E-state index is 0.172. The third-order valence-electron chi connectivity index (χ3n) is 5.81. The summed E-state index contributed by atoms with van der Waals surface area (Å²) in [5.41, 5.74) is 2.24. The Hall–Kier alpha value is -3.75. The highest BCUT2D eigenvalue weighted by Crippen LogP contribution is 2.39. The highest BCUT2D eigenvalue weighted by molar-refractivity contribution is 6.31. The van der Waals surface area contributed by atoms with Crippen LogP contribution in [0.25, 0.3) is 0 Å². The molecule has 190 valence electrons. The molecule has 0 aliphatic carbocycles. The third-order valence-corrected chi connectivity index (χ3v) is 6.39. The minimum Gasteiger partial charge on any atom is -0.362 e. The second-order valence-electron chi connectivity index (χ2n) is 8.35. The first-order valence-corrected chi connectivity index (χ1v) is 11.8. The quantitative estimate of drug-likeness (QED) is 0.325. The second-order valence-corrected chi connectivity index (χ2v) is 9.17. The summed E-state index contributed by atoms with van der Waals surface area (Å²) in [6.45, 7) is 3.34. The van der Waals surface area contributed by atoms with Gasteiger partial charge in [-0.05, 0) is 67.9 Å². The van der Waals surface area contributed by atoms with Crippen LogP contribution in [0.3, 0.4) is 0 Å². The summed E-state index contributed by atoms with van der Waals surface area (Å²) in [6, 6.07) is 12.9. The number of dihydropyridines is 1. The Bertz CT molecular complexity index is 1380. The average Bonchev–Trinajstić information content (AvgIpc) is 2.83. The van der Waals surface area contributed by atoms with Crippen LogP contribution in [-0.2, 0) is 9.59 Å². The Balaban J connectivity index is 1.75. The lowest BCUT2D eigenvalue weighted by Gasteiger charge is -2.31. The molecular weight excluding hydrogens is 526 g/mol. The van der Waals surface area contributed by atoms with Gasteiger partial charge in [-0.3, -0.25) is 9.59 Å². The maximum absolute atomic E-state index is 13.8. The van der Waals surface area contributed by atoms with Gasteiger partial charge < -0.3 is 16.0 Å². The van der Waals surface area contributed by atoms with Crippen molar-refractivity contribution in [1.29, 1.82) is 0 Å². The topological polar surface area (TPSA) is 70.2 Å². The summed E-state index contributed by atoms with van der Waals surface area (Å²) in [4.78, 5) is 27.0. The standard InChI is InChI=1S/C27H20Cl2F3N3O2/c1-13-23(26(36)34-17-7-9-21(31)19(28)11-17)25(15-3-5-16(30)6-4-15)24(14(2)33-13)27(37)35-18-8-10-22(32)20(29)12-18/h3-12,25,33H,1-2H3,(H,34,36)(H,35,37). The monoisotopic (exact) mass is 545 g/mol. The summed E-state index contributed by atoms with van der Waals surface area (Å²) in [7, 11) is 0. The van der Waals surface area contributed by atoms with E-state index < -0.39 is 35.2 Å². The maximum Gasteiger partial charge on any atom is 0.254 e. The highest BCUT2D eigenvalue weighted by atomic mass is 35.5. The molecule has 5 nitrogen and oxygen atoms in total. The predicted molar refractivity (Wildman–Crippen MR) is 138 cm³/mol. The van der Waals surface area contributed by atoms with Crippen LogP contribution in [-0.4, -0.2) is 11.8 Å². The van der Waals surface area contributed by atoms with Gasteiger partial charge in [-0.25, -0.2) is 13.2 Å².